The van der Waals surface area contributed by atoms with Crippen molar-refractivity contribution in [2.24, 2.45) is 0 Å². The van der Waals surface area contributed by atoms with Gasteiger partial charge in [0, 0.05) is 0 Å². The summed E-state index contributed by atoms with van der Waals surface area (Å²) in [5.41, 5.74) is 0.985. The van der Waals surface area contributed by atoms with Crippen molar-refractivity contribution in [2.75, 3.05) is 6.61 Å². The number of rotatable bonds is 3. The fraction of sp³-hybridized carbons (Fsp3) is 0.417. The van der Waals surface area contributed by atoms with Crippen molar-refractivity contribution in [2.45, 2.75) is 25.7 Å². The van der Waals surface area contributed by atoms with Crippen molar-refractivity contribution < 1.29 is 9.53 Å². The van der Waals surface area contributed by atoms with E-state index >= 15 is 0 Å². The van der Waals surface area contributed by atoms with E-state index in [1.165, 1.54) is 17.7 Å². The first-order chi connectivity index (χ1) is 8.72. The Labute approximate surface area is 113 Å². The van der Waals surface area contributed by atoms with Gasteiger partial charge >= 0.3 is 5.97 Å². The first kappa shape index (κ1) is 11.9. The molecule has 0 aliphatic heterocycles. The molecule has 0 saturated heterocycles. The number of aromatic nitrogens is 2. The number of thiophene rings is 1. The predicted octanol–water partition coefficient (Wildman–Crippen LogP) is 3.40. The minimum atomic E-state index is -0.279. The zero-order valence-electron chi connectivity index (χ0n) is 9.77. The van der Waals surface area contributed by atoms with E-state index in [1.807, 2.05) is 0 Å². The maximum absolute atomic E-state index is 12.0. The van der Waals surface area contributed by atoms with E-state index in [-0.39, 0.29) is 5.97 Å². The van der Waals surface area contributed by atoms with Crippen LogP contribution in [0, 0.1) is 0 Å². The van der Waals surface area contributed by atoms with Crippen LogP contribution in [0.25, 0.3) is 10.2 Å². The quantitative estimate of drug-likeness (QED) is 0.639. The lowest BCUT2D eigenvalue weighted by Gasteiger charge is -2.02. The first-order valence-electron chi connectivity index (χ1n) is 5.82. The van der Waals surface area contributed by atoms with Crippen LogP contribution in [0.3, 0.4) is 0 Å². The van der Waals surface area contributed by atoms with E-state index in [1.54, 1.807) is 6.92 Å². The van der Waals surface area contributed by atoms with Crippen molar-refractivity contribution in [1.29, 1.82) is 0 Å². The molecule has 0 unspecified atom stereocenters. The molecule has 3 rings (SSSR count). The van der Waals surface area contributed by atoms with E-state index in [9.17, 15) is 4.79 Å². The summed E-state index contributed by atoms with van der Waals surface area (Å²) in [4.78, 5) is 21.6. The van der Waals surface area contributed by atoms with Crippen LogP contribution in [0.2, 0.25) is 5.15 Å². The number of carbonyl (C=O) groups excluding carboxylic acids is 1. The van der Waals surface area contributed by atoms with E-state index < -0.39 is 0 Å². The highest BCUT2D eigenvalue weighted by Crippen LogP contribution is 2.48. The molecule has 4 nitrogen and oxygen atoms in total. The Hall–Kier alpha value is -1.20. The highest BCUT2D eigenvalue weighted by molar-refractivity contribution is 7.20. The van der Waals surface area contributed by atoms with Gasteiger partial charge in [0.05, 0.1) is 12.0 Å². The number of nitrogens with zero attached hydrogens (tertiary/aromatic N) is 2. The van der Waals surface area contributed by atoms with Gasteiger partial charge in [0.15, 0.2) is 0 Å². The molecule has 2 aromatic rings. The van der Waals surface area contributed by atoms with Gasteiger partial charge in [-0.25, -0.2) is 14.8 Å². The molecule has 2 heterocycles. The second kappa shape index (κ2) is 4.48. The van der Waals surface area contributed by atoms with Crippen molar-refractivity contribution in [3.8, 4) is 0 Å². The molecular weight excluding hydrogens is 272 g/mol. The minimum Gasteiger partial charge on any atom is -0.462 e. The molecule has 0 radical (unpaired) electrons. The van der Waals surface area contributed by atoms with Gasteiger partial charge in [-0.2, -0.15) is 0 Å². The summed E-state index contributed by atoms with van der Waals surface area (Å²) in [6, 6.07) is 0. The third kappa shape index (κ3) is 1.87. The summed E-state index contributed by atoms with van der Waals surface area (Å²) < 4.78 is 5.10. The number of carbonyl (C=O) groups is 1. The Balaban J connectivity index is 2.21. The Bertz CT molecular complexity index is 622. The summed E-state index contributed by atoms with van der Waals surface area (Å²) in [5.74, 6) is 0.125. The average Bonchev–Trinajstić information content (AvgIpc) is 3.10. The molecule has 2 aromatic heterocycles. The summed E-state index contributed by atoms with van der Waals surface area (Å²) >= 11 is 7.48. The van der Waals surface area contributed by atoms with Crippen LogP contribution in [0.15, 0.2) is 6.33 Å². The topological polar surface area (TPSA) is 52.1 Å². The lowest BCUT2D eigenvalue weighted by molar-refractivity contribution is 0.0531. The molecule has 1 aliphatic rings. The van der Waals surface area contributed by atoms with Gasteiger partial charge in [-0.3, -0.25) is 0 Å². The number of halogens is 1. The number of hydrogen-bond donors (Lipinski definition) is 0. The summed E-state index contributed by atoms with van der Waals surface area (Å²) in [6.45, 7) is 2.17. The molecule has 0 aromatic carbocycles. The van der Waals surface area contributed by atoms with Gasteiger partial charge in [0.25, 0.3) is 0 Å². The summed E-state index contributed by atoms with van der Waals surface area (Å²) in [6.07, 6.45) is 3.60. The standard InChI is InChI=1S/C12H11ClN2O2S/c1-2-17-12(16)9-7(6-3-4-6)8-10(13)14-5-15-11(8)18-9/h5-6H,2-4H2,1H3. The number of ether oxygens (including phenoxy) is 1. The SMILES string of the molecule is CCOC(=O)c1sc2ncnc(Cl)c2c1C1CC1. The van der Waals surface area contributed by atoms with Crippen molar-refractivity contribution in [3.05, 3.63) is 21.9 Å². The lowest BCUT2D eigenvalue weighted by Crippen LogP contribution is -2.04. The molecule has 0 N–H and O–H groups in total. The molecule has 0 bridgehead atoms. The van der Waals surface area contributed by atoms with E-state index in [2.05, 4.69) is 9.97 Å². The molecule has 1 saturated carbocycles. The molecule has 94 valence electrons. The lowest BCUT2D eigenvalue weighted by atomic mass is 10.1. The highest BCUT2D eigenvalue weighted by atomic mass is 35.5. The van der Waals surface area contributed by atoms with Gasteiger partial charge in [0.2, 0.25) is 0 Å². The second-order valence-corrected chi connectivity index (χ2v) is 5.54. The third-order valence-corrected chi connectivity index (χ3v) is 4.31. The van der Waals surface area contributed by atoms with Crippen molar-refractivity contribution in [1.82, 2.24) is 9.97 Å². The van der Waals surface area contributed by atoms with Gasteiger partial charge in [0.1, 0.15) is 21.2 Å². The Morgan fingerprint density at radius 3 is 3.00 bits per heavy atom. The molecule has 6 heteroatoms. The Kier molecular flexibility index (Phi) is 2.95. The van der Waals surface area contributed by atoms with Crippen molar-refractivity contribution >= 4 is 39.1 Å². The smallest absolute Gasteiger partial charge is 0.348 e. The molecule has 0 amide bonds. The Morgan fingerprint density at radius 2 is 2.33 bits per heavy atom. The van der Waals surface area contributed by atoms with Crippen LogP contribution >= 0.6 is 22.9 Å². The molecule has 0 spiro atoms. The van der Waals surface area contributed by atoms with Crippen LogP contribution in [0.1, 0.15) is 40.9 Å². The summed E-state index contributed by atoms with van der Waals surface area (Å²) in [7, 11) is 0. The maximum Gasteiger partial charge on any atom is 0.348 e. The van der Waals surface area contributed by atoms with Crippen molar-refractivity contribution in [3.63, 3.8) is 0 Å². The van der Waals surface area contributed by atoms with E-state index in [4.69, 9.17) is 16.3 Å². The highest BCUT2D eigenvalue weighted by Gasteiger charge is 2.34. The number of hydrogen-bond acceptors (Lipinski definition) is 5. The largest absolute Gasteiger partial charge is 0.462 e. The van der Waals surface area contributed by atoms with Crippen LogP contribution in [-0.4, -0.2) is 22.5 Å². The van der Waals surface area contributed by atoms with Crippen LogP contribution in [0.4, 0.5) is 0 Å². The van der Waals surface area contributed by atoms with Crippen LogP contribution in [0.5, 0.6) is 0 Å². The molecule has 1 aliphatic carbocycles. The zero-order valence-corrected chi connectivity index (χ0v) is 11.3. The van der Waals surface area contributed by atoms with E-state index in [0.717, 1.165) is 28.6 Å². The average molecular weight is 283 g/mol. The first-order valence-corrected chi connectivity index (χ1v) is 7.01. The monoisotopic (exact) mass is 282 g/mol. The van der Waals surface area contributed by atoms with Crippen LogP contribution < -0.4 is 0 Å². The zero-order chi connectivity index (χ0) is 12.7. The maximum atomic E-state index is 12.0. The fourth-order valence-electron chi connectivity index (χ4n) is 2.03. The molecule has 1 fully saturated rings. The normalized spacial score (nSPS) is 15.0. The van der Waals surface area contributed by atoms with Gasteiger partial charge in [-0.15, -0.1) is 11.3 Å². The number of fused-ring (bicyclic) bond motifs is 1. The molecule has 0 atom stereocenters. The molecule has 18 heavy (non-hydrogen) atoms. The van der Waals surface area contributed by atoms with Gasteiger partial charge in [-0.1, -0.05) is 11.6 Å². The fourth-order valence-corrected chi connectivity index (χ4v) is 3.44. The van der Waals surface area contributed by atoms with Crippen LogP contribution in [-0.2, 0) is 4.74 Å². The second-order valence-electron chi connectivity index (χ2n) is 4.18. The predicted molar refractivity (Wildman–Crippen MR) is 70.4 cm³/mol. The summed E-state index contributed by atoms with van der Waals surface area (Å²) in [5, 5.41) is 1.25. The Morgan fingerprint density at radius 1 is 1.56 bits per heavy atom. The van der Waals surface area contributed by atoms with E-state index in [0.29, 0.717) is 22.6 Å². The third-order valence-electron chi connectivity index (χ3n) is 2.93. The minimum absolute atomic E-state index is 0.279. The van der Waals surface area contributed by atoms with Gasteiger partial charge < -0.3 is 4.74 Å². The molecular formula is C12H11ClN2O2S. The number of esters is 1. The van der Waals surface area contributed by atoms with Gasteiger partial charge in [-0.05, 0) is 31.2 Å².